The van der Waals surface area contributed by atoms with Crippen LogP contribution in [-0.2, 0) is 9.53 Å². The molecule has 0 aliphatic rings. The van der Waals surface area contributed by atoms with E-state index in [4.69, 9.17) is 22.1 Å². The molecule has 0 rings (SSSR count). The Morgan fingerprint density at radius 2 is 2.21 bits per heavy atom. The van der Waals surface area contributed by atoms with E-state index in [-0.39, 0.29) is 11.1 Å². The summed E-state index contributed by atoms with van der Waals surface area (Å²) in [5.74, 6) is -0.763. The van der Waals surface area contributed by atoms with Crippen molar-refractivity contribution in [3.05, 3.63) is 22.8 Å². The average Bonchev–Trinajstić information content (AvgIpc) is 2.20. The summed E-state index contributed by atoms with van der Waals surface area (Å²) in [5, 5.41) is 16.6. The van der Waals surface area contributed by atoms with E-state index in [1.165, 1.54) is 12.3 Å². The summed E-state index contributed by atoms with van der Waals surface area (Å²) in [4.78, 5) is 11.0. The van der Waals surface area contributed by atoms with Crippen LogP contribution in [-0.4, -0.2) is 5.97 Å². The number of esters is 1. The van der Waals surface area contributed by atoms with E-state index in [1.807, 2.05) is 0 Å². The Kier molecular flexibility index (Phi) is 5.85. The monoisotopic (exact) mass is 210 g/mol. The molecule has 4 nitrogen and oxygen atoms in total. The van der Waals surface area contributed by atoms with Gasteiger partial charge in [0.1, 0.15) is 6.07 Å². The van der Waals surface area contributed by atoms with Gasteiger partial charge in [0.15, 0.2) is 0 Å². The van der Waals surface area contributed by atoms with Crippen LogP contribution in [0.3, 0.4) is 0 Å². The minimum atomic E-state index is -0.763. The van der Waals surface area contributed by atoms with E-state index in [0.717, 1.165) is 5.54 Å². The van der Waals surface area contributed by atoms with Crippen molar-refractivity contribution in [2.45, 2.75) is 13.3 Å². The minimum absolute atomic E-state index is 0.137. The van der Waals surface area contributed by atoms with E-state index in [2.05, 4.69) is 4.74 Å². The molecule has 0 unspecified atom stereocenters. The van der Waals surface area contributed by atoms with E-state index in [1.54, 1.807) is 13.0 Å². The summed E-state index contributed by atoms with van der Waals surface area (Å²) >= 11 is 5.30. The standard InChI is InChI=1S/C9H7ClN2O2/c1-2-8(9(13)14-6-12)3-7(4-10)5-11/h3-4H,2H2,1H3. The Balaban J connectivity index is 4.83. The van der Waals surface area contributed by atoms with Crippen LogP contribution in [0.15, 0.2) is 22.8 Å². The maximum absolute atomic E-state index is 11.0. The number of nitriles is 2. The second-order valence-electron chi connectivity index (χ2n) is 2.18. The zero-order chi connectivity index (χ0) is 11.0. The fourth-order valence-corrected chi connectivity index (χ4v) is 0.800. The Morgan fingerprint density at radius 1 is 1.57 bits per heavy atom. The van der Waals surface area contributed by atoms with Gasteiger partial charge in [-0.2, -0.15) is 5.26 Å². The van der Waals surface area contributed by atoms with Gasteiger partial charge >= 0.3 is 5.97 Å². The smallest absolute Gasteiger partial charge is 0.347 e. The highest BCUT2D eigenvalue weighted by atomic mass is 35.5. The highest BCUT2D eigenvalue weighted by molar-refractivity contribution is 6.26. The first-order chi connectivity index (χ1) is 6.69. The summed E-state index contributed by atoms with van der Waals surface area (Å²) in [5.41, 5.74) is 1.41. The molecule has 0 aromatic carbocycles. The molecule has 0 aliphatic carbocycles. The molecule has 0 heterocycles. The second-order valence-corrected chi connectivity index (χ2v) is 2.40. The number of hydrogen-bond donors (Lipinski definition) is 0. The fraction of sp³-hybridized carbons (Fsp3) is 0.222. The van der Waals surface area contributed by atoms with Gasteiger partial charge in [0.05, 0.1) is 5.57 Å². The third-order valence-electron chi connectivity index (χ3n) is 1.36. The van der Waals surface area contributed by atoms with Crippen LogP contribution in [0, 0.1) is 22.8 Å². The van der Waals surface area contributed by atoms with E-state index >= 15 is 0 Å². The molecule has 0 spiro atoms. The largest absolute Gasteiger partial charge is 0.349 e. The molecule has 0 aliphatic heterocycles. The maximum Gasteiger partial charge on any atom is 0.349 e. The molecule has 0 radical (unpaired) electrons. The third kappa shape index (κ3) is 3.75. The van der Waals surface area contributed by atoms with Gasteiger partial charge in [0.2, 0.25) is 0 Å². The van der Waals surface area contributed by atoms with Crippen molar-refractivity contribution in [3.8, 4) is 12.3 Å². The number of hydrogen-bond acceptors (Lipinski definition) is 4. The number of carbonyl (C=O) groups is 1. The van der Waals surface area contributed by atoms with Gasteiger partial charge in [0, 0.05) is 11.1 Å². The van der Waals surface area contributed by atoms with Gasteiger partial charge in [-0.3, -0.25) is 0 Å². The summed E-state index contributed by atoms with van der Waals surface area (Å²) in [7, 11) is 0. The number of halogens is 1. The molecule has 14 heavy (non-hydrogen) atoms. The van der Waals surface area contributed by atoms with Crippen molar-refractivity contribution in [3.63, 3.8) is 0 Å². The van der Waals surface area contributed by atoms with Gasteiger partial charge < -0.3 is 4.74 Å². The number of rotatable bonds is 3. The lowest BCUT2D eigenvalue weighted by Crippen LogP contribution is -2.03. The zero-order valence-electron chi connectivity index (χ0n) is 7.45. The van der Waals surface area contributed by atoms with Crippen LogP contribution in [0.5, 0.6) is 0 Å². The number of carbonyl (C=O) groups excluding carboxylic acids is 1. The normalized spacial score (nSPS) is 11.4. The van der Waals surface area contributed by atoms with Crippen LogP contribution in [0.4, 0.5) is 0 Å². The van der Waals surface area contributed by atoms with E-state index < -0.39 is 5.97 Å². The molecule has 72 valence electrons. The molecule has 0 N–H and O–H groups in total. The van der Waals surface area contributed by atoms with Crippen molar-refractivity contribution in [2.24, 2.45) is 0 Å². The SMILES string of the molecule is CCC(=CC(C#N)=CCl)C(=O)OC#N. The van der Waals surface area contributed by atoms with Crippen molar-refractivity contribution in [1.29, 1.82) is 10.5 Å². The quantitative estimate of drug-likeness (QED) is 0.235. The first-order valence-corrected chi connectivity index (χ1v) is 4.14. The highest BCUT2D eigenvalue weighted by Gasteiger charge is 2.09. The van der Waals surface area contributed by atoms with Crippen LogP contribution < -0.4 is 0 Å². The van der Waals surface area contributed by atoms with Gasteiger partial charge in [-0.25, -0.2) is 4.79 Å². The lowest BCUT2D eigenvalue weighted by atomic mass is 10.1. The van der Waals surface area contributed by atoms with E-state index in [9.17, 15) is 4.79 Å². The Labute approximate surface area is 86.6 Å². The lowest BCUT2D eigenvalue weighted by Gasteiger charge is -1.97. The Morgan fingerprint density at radius 3 is 2.57 bits per heavy atom. The molecule has 0 saturated carbocycles. The highest BCUT2D eigenvalue weighted by Crippen LogP contribution is 2.08. The number of nitrogens with zero attached hydrogens (tertiary/aromatic N) is 2. The molecule has 5 heteroatoms. The Bertz CT molecular complexity index is 358. The predicted molar refractivity (Wildman–Crippen MR) is 49.6 cm³/mol. The number of ether oxygens (including phenoxy) is 1. The topological polar surface area (TPSA) is 73.9 Å². The van der Waals surface area contributed by atoms with Crippen LogP contribution >= 0.6 is 11.6 Å². The molecule has 0 aromatic rings. The van der Waals surface area contributed by atoms with Crippen LogP contribution in [0.25, 0.3) is 0 Å². The molecule has 0 aromatic heterocycles. The first kappa shape index (κ1) is 12.2. The van der Waals surface area contributed by atoms with Crippen molar-refractivity contribution < 1.29 is 9.53 Å². The molecular weight excluding hydrogens is 204 g/mol. The summed E-state index contributed by atoms with van der Waals surface area (Å²) in [6.45, 7) is 1.70. The zero-order valence-corrected chi connectivity index (χ0v) is 8.21. The van der Waals surface area contributed by atoms with Crippen molar-refractivity contribution >= 4 is 17.6 Å². The number of allylic oxidation sites excluding steroid dienone is 2. The molecule has 0 bridgehead atoms. The van der Waals surface area contributed by atoms with Crippen molar-refractivity contribution in [2.75, 3.05) is 0 Å². The Hall–Kier alpha value is -1.78. The third-order valence-corrected chi connectivity index (χ3v) is 1.59. The van der Waals surface area contributed by atoms with Crippen molar-refractivity contribution in [1.82, 2.24) is 0 Å². The molecular formula is C9H7ClN2O2. The van der Waals surface area contributed by atoms with Gasteiger partial charge in [-0.1, -0.05) is 18.5 Å². The molecule has 0 saturated heterocycles. The summed E-state index contributed by atoms with van der Waals surface area (Å²) in [6.07, 6.45) is 2.91. The second kappa shape index (κ2) is 6.71. The van der Waals surface area contributed by atoms with E-state index in [0.29, 0.717) is 6.42 Å². The minimum Gasteiger partial charge on any atom is -0.347 e. The first-order valence-electron chi connectivity index (χ1n) is 3.70. The molecule has 0 atom stereocenters. The van der Waals surface area contributed by atoms with Gasteiger partial charge in [-0.15, -0.1) is 5.26 Å². The maximum atomic E-state index is 11.0. The summed E-state index contributed by atoms with van der Waals surface area (Å²) < 4.78 is 4.10. The molecule has 0 fully saturated rings. The molecule has 0 amide bonds. The van der Waals surface area contributed by atoms with Gasteiger partial charge in [0.25, 0.3) is 6.26 Å². The average molecular weight is 211 g/mol. The fourth-order valence-electron chi connectivity index (χ4n) is 0.688. The summed E-state index contributed by atoms with van der Waals surface area (Å²) in [6, 6.07) is 1.78. The lowest BCUT2D eigenvalue weighted by molar-refractivity contribution is -0.132. The van der Waals surface area contributed by atoms with Crippen LogP contribution in [0.1, 0.15) is 13.3 Å². The predicted octanol–water partition coefficient (Wildman–Crippen LogP) is 1.99. The van der Waals surface area contributed by atoms with Gasteiger partial charge in [-0.05, 0) is 12.5 Å². The van der Waals surface area contributed by atoms with Crippen LogP contribution in [0.2, 0.25) is 0 Å².